The first-order valence-electron chi connectivity index (χ1n) is 17.4. The fourth-order valence-electron chi connectivity index (χ4n) is 7.33. The molecule has 0 aliphatic rings. The predicted molar refractivity (Wildman–Crippen MR) is 215 cm³/mol. The van der Waals surface area contributed by atoms with Gasteiger partial charge < -0.3 is 0 Å². The molecule has 0 unspecified atom stereocenters. The Morgan fingerprint density at radius 1 is 0.308 bits per heavy atom. The highest BCUT2D eigenvalue weighted by Crippen LogP contribution is 2.38. The average Bonchev–Trinajstić information content (AvgIpc) is 3.22. The Kier molecular flexibility index (Phi) is 7.10. The van der Waals surface area contributed by atoms with E-state index in [1.807, 2.05) is 24.5 Å². The van der Waals surface area contributed by atoms with E-state index in [9.17, 15) is 0 Å². The molecule has 0 saturated heterocycles. The van der Waals surface area contributed by atoms with Gasteiger partial charge in [0.1, 0.15) is 0 Å². The first-order chi connectivity index (χ1) is 25.7. The van der Waals surface area contributed by atoms with Crippen molar-refractivity contribution in [3.05, 3.63) is 182 Å². The van der Waals surface area contributed by atoms with E-state index in [1.165, 1.54) is 10.8 Å². The normalized spacial score (nSPS) is 11.5. The topological polar surface area (TPSA) is 51.6 Å². The number of hydrogen-bond donors (Lipinski definition) is 0. The fourth-order valence-corrected chi connectivity index (χ4v) is 7.33. The van der Waals surface area contributed by atoms with E-state index in [0.717, 1.165) is 82.9 Å². The molecule has 0 aliphatic carbocycles. The van der Waals surface area contributed by atoms with Crippen LogP contribution in [0.4, 0.5) is 0 Å². The van der Waals surface area contributed by atoms with Gasteiger partial charge >= 0.3 is 0 Å². The van der Waals surface area contributed by atoms with Crippen molar-refractivity contribution < 1.29 is 0 Å². The molecule has 10 aromatic rings. The van der Waals surface area contributed by atoms with Crippen molar-refractivity contribution in [1.82, 2.24) is 19.9 Å². The summed E-state index contributed by atoms with van der Waals surface area (Å²) in [6.45, 7) is 0. The van der Waals surface area contributed by atoms with E-state index in [4.69, 9.17) is 9.97 Å². The highest BCUT2D eigenvalue weighted by molar-refractivity contribution is 5.99. The Morgan fingerprint density at radius 3 is 1.31 bits per heavy atom. The Morgan fingerprint density at radius 2 is 0.769 bits per heavy atom. The van der Waals surface area contributed by atoms with Gasteiger partial charge in [0.2, 0.25) is 0 Å². The van der Waals surface area contributed by atoms with Gasteiger partial charge in [-0.3, -0.25) is 9.97 Å². The largest absolute Gasteiger partial charge is 0.256 e. The highest BCUT2D eigenvalue weighted by atomic mass is 14.9. The zero-order chi connectivity index (χ0) is 34.4. The molecule has 0 radical (unpaired) electrons. The third kappa shape index (κ3) is 5.34. The Hall–Kier alpha value is -7.04. The molecular formula is C48H30N4. The summed E-state index contributed by atoms with van der Waals surface area (Å²) in [5, 5.41) is 6.86. The van der Waals surface area contributed by atoms with Crippen molar-refractivity contribution >= 4 is 43.4 Å². The standard InChI is InChI=1S/C48H30N4/c1-3-15-40-31(9-1)11-5-17-42(40)46-30-47(43-18-6-12-32-10-2-4-16-41(32)43)52-48(51-46)39-26-37(35-21-19-33-13-7-23-49-44(33)28-35)25-38(27-39)36-22-20-34-14-8-24-50-45(34)29-36/h1-30H. The molecule has 0 N–H and O–H groups in total. The monoisotopic (exact) mass is 662 g/mol. The first kappa shape index (κ1) is 29.8. The van der Waals surface area contributed by atoms with E-state index in [-0.39, 0.29) is 0 Å². The molecule has 0 aliphatic heterocycles. The number of hydrogen-bond acceptors (Lipinski definition) is 4. The van der Waals surface area contributed by atoms with Crippen LogP contribution in [-0.4, -0.2) is 19.9 Å². The van der Waals surface area contributed by atoms with Crippen molar-refractivity contribution in [2.75, 3.05) is 0 Å². The van der Waals surface area contributed by atoms with Gasteiger partial charge in [-0.05, 0) is 92.3 Å². The van der Waals surface area contributed by atoms with Crippen LogP contribution in [0.1, 0.15) is 0 Å². The van der Waals surface area contributed by atoms with E-state index in [0.29, 0.717) is 5.82 Å². The van der Waals surface area contributed by atoms with Crippen molar-refractivity contribution in [1.29, 1.82) is 0 Å². The number of nitrogens with zero attached hydrogens (tertiary/aromatic N) is 4. The van der Waals surface area contributed by atoms with E-state index in [2.05, 4.69) is 168 Å². The lowest BCUT2D eigenvalue weighted by atomic mass is 9.94. The summed E-state index contributed by atoms with van der Waals surface area (Å²) >= 11 is 0. The molecule has 4 heteroatoms. The lowest BCUT2D eigenvalue weighted by Gasteiger charge is -2.15. The zero-order valence-corrected chi connectivity index (χ0v) is 28.1. The van der Waals surface area contributed by atoms with Crippen LogP contribution in [0.2, 0.25) is 0 Å². The van der Waals surface area contributed by atoms with E-state index >= 15 is 0 Å². The Balaban J connectivity index is 1.24. The summed E-state index contributed by atoms with van der Waals surface area (Å²) in [6.07, 6.45) is 3.69. The van der Waals surface area contributed by atoms with Crippen molar-refractivity contribution in [2.24, 2.45) is 0 Å². The molecule has 3 heterocycles. The van der Waals surface area contributed by atoms with Gasteiger partial charge in [0.05, 0.1) is 22.4 Å². The maximum absolute atomic E-state index is 5.36. The third-order valence-corrected chi connectivity index (χ3v) is 9.93. The summed E-state index contributed by atoms with van der Waals surface area (Å²) in [4.78, 5) is 20.1. The molecule has 7 aromatic carbocycles. The van der Waals surface area contributed by atoms with Crippen molar-refractivity contribution in [3.8, 4) is 56.2 Å². The van der Waals surface area contributed by atoms with Crippen LogP contribution in [0, 0.1) is 0 Å². The molecule has 0 bridgehead atoms. The molecule has 0 atom stereocenters. The van der Waals surface area contributed by atoms with Crippen LogP contribution in [0.15, 0.2) is 182 Å². The molecule has 52 heavy (non-hydrogen) atoms. The number of benzene rings is 7. The summed E-state index contributed by atoms with van der Waals surface area (Å²) in [5.41, 5.74) is 11.0. The SMILES string of the molecule is c1cnc2cc(-c3cc(-c4ccc5cccnc5c4)cc(-c4nc(-c5cccc6ccccc56)cc(-c5cccc6ccccc56)n4)c3)ccc2c1. The number of fused-ring (bicyclic) bond motifs is 4. The van der Waals surface area contributed by atoms with Gasteiger partial charge in [0.25, 0.3) is 0 Å². The Bertz CT molecular complexity index is 2780. The van der Waals surface area contributed by atoms with Crippen LogP contribution in [0.5, 0.6) is 0 Å². The Labute approximate surface area is 300 Å². The van der Waals surface area contributed by atoms with Crippen LogP contribution in [0.25, 0.3) is 99.5 Å². The number of aromatic nitrogens is 4. The van der Waals surface area contributed by atoms with Crippen LogP contribution >= 0.6 is 0 Å². The highest BCUT2D eigenvalue weighted by Gasteiger charge is 2.16. The average molecular weight is 663 g/mol. The maximum Gasteiger partial charge on any atom is 0.160 e. The molecule has 10 rings (SSSR count). The predicted octanol–water partition coefficient (Wildman–Crippen LogP) is 12.2. The minimum atomic E-state index is 0.661. The second kappa shape index (κ2) is 12.4. The smallest absolute Gasteiger partial charge is 0.160 e. The molecular weight excluding hydrogens is 633 g/mol. The molecule has 3 aromatic heterocycles. The molecule has 0 saturated carbocycles. The molecule has 0 amide bonds. The summed E-state index contributed by atoms with van der Waals surface area (Å²) < 4.78 is 0. The van der Waals surface area contributed by atoms with Crippen molar-refractivity contribution in [3.63, 3.8) is 0 Å². The minimum Gasteiger partial charge on any atom is -0.256 e. The van der Waals surface area contributed by atoms with Gasteiger partial charge in [-0.15, -0.1) is 0 Å². The second-order valence-corrected chi connectivity index (χ2v) is 13.1. The van der Waals surface area contributed by atoms with E-state index < -0.39 is 0 Å². The lowest BCUT2D eigenvalue weighted by molar-refractivity contribution is 1.19. The van der Waals surface area contributed by atoms with Gasteiger partial charge in [-0.1, -0.05) is 121 Å². The van der Waals surface area contributed by atoms with Crippen LogP contribution in [0.3, 0.4) is 0 Å². The van der Waals surface area contributed by atoms with E-state index in [1.54, 1.807) is 0 Å². The third-order valence-electron chi connectivity index (χ3n) is 9.93. The number of rotatable bonds is 5. The summed E-state index contributed by atoms with van der Waals surface area (Å²) in [7, 11) is 0. The first-order valence-corrected chi connectivity index (χ1v) is 17.4. The summed E-state index contributed by atoms with van der Waals surface area (Å²) in [5.74, 6) is 0.661. The quantitative estimate of drug-likeness (QED) is 0.184. The minimum absolute atomic E-state index is 0.661. The van der Waals surface area contributed by atoms with Gasteiger partial charge in [-0.25, -0.2) is 9.97 Å². The maximum atomic E-state index is 5.36. The number of pyridine rings is 2. The van der Waals surface area contributed by atoms with Gasteiger partial charge in [0, 0.05) is 39.9 Å². The van der Waals surface area contributed by atoms with Crippen LogP contribution < -0.4 is 0 Å². The van der Waals surface area contributed by atoms with Crippen LogP contribution in [-0.2, 0) is 0 Å². The molecule has 0 fully saturated rings. The second-order valence-electron chi connectivity index (χ2n) is 13.1. The lowest BCUT2D eigenvalue weighted by Crippen LogP contribution is -1.98. The van der Waals surface area contributed by atoms with Gasteiger partial charge in [0.15, 0.2) is 5.82 Å². The van der Waals surface area contributed by atoms with Crippen molar-refractivity contribution in [2.45, 2.75) is 0 Å². The molecule has 242 valence electrons. The molecule has 0 spiro atoms. The fraction of sp³-hybridized carbons (Fsp3) is 0. The summed E-state index contributed by atoms with van der Waals surface area (Å²) in [6, 6.07) is 59.7. The van der Waals surface area contributed by atoms with Gasteiger partial charge in [-0.2, -0.15) is 0 Å². The zero-order valence-electron chi connectivity index (χ0n) is 28.1. The molecule has 4 nitrogen and oxygen atoms in total.